The molecule has 0 aliphatic carbocycles. The normalized spacial score (nSPS) is 13.1. The highest BCUT2D eigenvalue weighted by molar-refractivity contribution is 6.10. The molecule has 4 aromatic rings. The van der Waals surface area contributed by atoms with Gasteiger partial charge < -0.3 is 10.1 Å². The molecule has 162 valence electrons. The van der Waals surface area contributed by atoms with Crippen LogP contribution in [0.4, 0.5) is 5.69 Å². The average Bonchev–Trinajstić information content (AvgIpc) is 3.11. The van der Waals surface area contributed by atoms with Crippen LogP contribution in [0.2, 0.25) is 0 Å². The number of methoxy groups -OCH3 is 1. The highest BCUT2D eigenvalue weighted by Gasteiger charge is 2.28. The summed E-state index contributed by atoms with van der Waals surface area (Å²) in [5, 5.41) is 4.78. The van der Waals surface area contributed by atoms with Crippen LogP contribution in [0.1, 0.15) is 34.5 Å². The molecule has 32 heavy (non-hydrogen) atoms. The second kappa shape index (κ2) is 8.04. The van der Waals surface area contributed by atoms with E-state index in [1.165, 1.54) is 0 Å². The fourth-order valence-electron chi connectivity index (χ4n) is 4.64. The number of benzene rings is 3. The lowest BCUT2D eigenvalue weighted by atomic mass is 10.1. The molecule has 1 aromatic heterocycles. The van der Waals surface area contributed by atoms with Gasteiger partial charge in [-0.1, -0.05) is 42.5 Å². The molecule has 1 aliphatic heterocycles. The topological polar surface area (TPSA) is 65.3 Å². The number of hydrogen-bond acceptors (Lipinski definition) is 3. The van der Waals surface area contributed by atoms with Crippen LogP contribution >= 0.6 is 0 Å². The average molecular weight is 428 g/mol. The second-order valence-corrected chi connectivity index (χ2v) is 8.12. The third kappa shape index (κ3) is 3.19. The van der Waals surface area contributed by atoms with Crippen molar-refractivity contribution in [2.24, 2.45) is 0 Å². The molecule has 0 fully saturated rings. The van der Waals surface area contributed by atoms with Gasteiger partial charge in [-0.25, -0.2) is 4.68 Å². The first kappa shape index (κ1) is 20.1. The van der Waals surface area contributed by atoms with E-state index in [0.29, 0.717) is 12.1 Å². The number of hydrogen-bond donors (Lipinski definition) is 1. The summed E-state index contributed by atoms with van der Waals surface area (Å²) in [6.07, 6.45) is 2.65. The van der Waals surface area contributed by atoms with Crippen molar-refractivity contribution in [3.63, 3.8) is 0 Å². The van der Waals surface area contributed by atoms with Gasteiger partial charge in [0.2, 0.25) is 0 Å². The van der Waals surface area contributed by atoms with Crippen molar-refractivity contribution >= 4 is 22.4 Å². The minimum Gasteiger partial charge on any atom is -0.496 e. The van der Waals surface area contributed by atoms with Gasteiger partial charge in [0, 0.05) is 23.0 Å². The predicted molar refractivity (Wildman–Crippen MR) is 126 cm³/mol. The Bertz CT molecular complexity index is 1400. The van der Waals surface area contributed by atoms with E-state index >= 15 is 0 Å². The van der Waals surface area contributed by atoms with Gasteiger partial charge in [0.05, 0.1) is 18.5 Å². The van der Waals surface area contributed by atoms with Crippen molar-refractivity contribution in [3.05, 3.63) is 87.8 Å². The van der Waals surface area contributed by atoms with Crippen LogP contribution in [0, 0.1) is 6.92 Å². The van der Waals surface area contributed by atoms with Gasteiger partial charge in [-0.05, 0) is 49.9 Å². The van der Waals surface area contributed by atoms with E-state index < -0.39 is 0 Å². The van der Waals surface area contributed by atoms with Crippen molar-refractivity contribution in [3.8, 4) is 11.4 Å². The molecule has 6 heteroatoms. The standard InChI is InChI=1S/C26H25N3O3/c1-17-9-3-6-12-21(17)29-26(31)24(22-13-7-8-16-28(22)29)25(30)27-20-14-15-23(32-2)19-11-5-4-10-18(19)20/h3-6,9-12,14-15H,7-8,13,16H2,1-2H3,(H,27,30). The number of aryl methyl sites for hydroxylation is 1. The Morgan fingerprint density at radius 2 is 1.72 bits per heavy atom. The van der Waals surface area contributed by atoms with E-state index in [2.05, 4.69) is 5.32 Å². The predicted octanol–water partition coefficient (Wildman–Crippen LogP) is 4.70. The molecule has 0 saturated carbocycles. The number of nitrogens with one attached hydrogen (secondary N) is 1. The van der Waals surface area contributed by atoms with Gasteiger partial charge in [0.25, 0.3) is 11.5 Å². The van der Waals surface area contributed by atoms with Crippen LogP contribution in [0.25, 0.3) is 16.5 Å². The van der Waals surface area contributed by atoms with Crippen LogP contribution in [0.15, 0.2) is 65.5 Å². The monoisotopic (exact) mass is 427 g/mol. The van der Waals surface area contributed by atoms with E-state index in [1.807, 2.05) is 72.3 Å². The molecule has 1 N–H and O–H groups in total. The van der Waals surface area contributed by atoms with Crippen LogP contribution in [-0.2, 0) is 13.0 Å². The summed E-state index contributed by atoms with van der Waals surface area (Å²) in [7, 11) is 1.63. The summed E-state index contributed by atoms with van der Waals surface area (Å²) in [6, 6.07) is 19.2. The Morgan fingerprint density at radius 3 is 2.50 bits per heavy atom. The molecule has 0 saturated heterocycles. The highest BCUT2D eigenvalue weighted by atomic mass is 16.5. The minimum absolute atomic E-state index is 0.229. The van der Waals surface area contributed by atoms with Gasteiger partial charge >= 0.3 is 0 Å². The van der Waals surface area contributed by atoms with Crippen LogP contribution < -0.4 is 15.6 Å². The lowest BCUT2D eigenvalue weighted by molar-refractivity contribution is 0.102. The van der Waals surface area contributed by atoms with Gasteiger partial charge in [-0.2, -0.15) is 0 Å². The molecule has 2 heterocycles. The number of aromatic nitrogens is 2. The third-order valence-electron chi connectivity index (χ3n) is 6.20. The summed E-state index contributed by atoms with van der Waals surface area (Å²) >= 11 is 0. The molecule has 5 rings (SSSR count). The van der Waals surface area contributed by atoms with E-state index in [-0.39, 0.29) is 17.0 Å². The Morgan fingerprint density at radius 1 is 0.969 bits per heavy atom. The lowest BCUT2D eigenvalue weighted by Crippen LogP contribution is -2.26. The molecule has 1 aliphatic rings. The minimum atomic E-state index is -0.372. The molecular formula is C26H25N3O3. The largest absolute Gasteiger partial charge is 0.496 e. The molecular weight excluding hydrogens is 402 g/mol. The summed E-state index contributed by atoms with van der Waals surface area (Å²) in [4.78, 5) is 27.0. The fraction of sp³-hybridized carbons (Fsp3) is 0.231. The van der Waals surface area contributed by atoms with Crippen molar-refractivity contribution in [2.45, 2.75) is 32.7 Å². The van der Waals surface area contributed by atoms with Crippen LogP contribution in [0.3, 0.4) is 0 Å². The number of carbonyl (C=O) groups is 1. The number of nitrogens with zero attached hydrogens (tertiary/aromatic N) is 2. The number of amides is 1. The second-order valence-electron chi connectivity index (χ2n) is 8.12. The number of anilines is 1. The van der Waals surface area contributed by atoms with Crippen molar-refractivity contribution in [1.82, 2.24) is 9.36 Å². The third-order valence-corrected chi connectivity index (χ3v) is 6.20. The zero-order valence-corrected chi connectivity index (χ0v) is 18.2. The fourth-order valence-corrected chi connectivity index (χ4v) is 4.64. The molecule has 0 radical (unpaired) electrons. The summed E-state index contributed by atoms with van der Waals surface area (Å²) in [5.74, 6) is 0.366. The number of fused-ring (bicyclic) bond motifs is 2. The molecule has 6 nitrogen and oxygen atoms in total. The van der Waals surface area contributed by atoms with Crippen molar-refractivity contribution in [1.29, 1.82) is 0 Å². The van der Waals surface area contributed by atoms with Gasteiger partial charge in [-0.3, -0.25) is 14.3 Å². The van der Waals surface area contributed by atoms with E-state index in [0.717, 1.165) is 52.9 Å². The summed E-state index contributed by atoms with van der Waals surface area (Å²) < 4.78 is 9.11. The lowest BCUT2D eigenvalue weighted by Gasteiger charge is -2.20. The van der Waals surface area contributed by atoms with Gasteiger partial charge in [-0.15, -0.1) is 0 Å². The Kier molecular flexibility index (Phi) is 5.05. The SMILES string of the molecule is COc1ccc(NC(=O)c2c3n(n(-c4ccccc4C)c2=O)CCCC3)c2ccccc12. The van der Waals surface area contributed by atoms with Gasteiger partial charge in [0.1, 0.15) is 11.3 Å². The maximum Gasteiger partial charge on any atom is 0.284 e. The number of para-hydroxylation sites is 1. The van der Waals surface area contributed by atoms with Crippen molar-refractivity contribution in [2.75, 3.05) is 12.4 Å². The Hall–Kier alpha value is -3.80. The van der Waals surface area contributed by atoms with E-state index in [4.69, 9.17) is 4.74 Å². The molecule has 1 amide bonds. The Labute approximate surface area is 186 Å². The first-order valence-corrected chi connectivity index (χ1v) is 10.9. The smallest absolute Gasteiger partial charge is 0.284 e. The number of rotatable bonds is 4. The number of carbonyl (C=O) groups excluding carboxylic acids is 1. The highest BCUT2D eigenvalue weighted by Crippen LogP contribution is 2.32. The molecule has 0 unspecified atom stereocenters. The van der Waals surface area contributed by atoms with Crippen LogP contribution in [0.5, 0.6) is 5.75 Å². The summed E-state index contributed by atoms with van der Waals surface area (Å²) in [6.45, 7) is 2.70. The van der Waals surface area contributed by atoms with Gasteiger partial charge in [0.15, 0.2) is 0 Å². The quantitative estimate of drug-likeness (QED) is 0.514. The molecule has 3 aromatic carbocycles. The first-order chi connectivity index (χ1) is 15.6. The number of ether oxygens (including phenoxy) is 1. The molecule has 0 atom stereocenters. The van der Waals surface area contributed by atoms with E-state index in [9.17, 15) is 9.59 Å². The van der Waals surface area contributed by atoms with Crippen molar-refractivity contribution < 1.29 is 9.53 Å². The zero-order valence-electron chi connectivity index (χ0n) is 18.2. The molecule has 0 spiro atoms. The summed E-state index contributed by atoms with van der Waals surface area (Å²) in [5.41, 5.74) is 3.23. The zero-order chi connectivity index (χ0) is 22.2. The Balaban J connectivity index is 1.62. The maximum absolute atomic E-state index is 13.6. The van der Waals surface area contributed by atoms with Crippen LogP contribution in [-0.4, -0.2) is 22.4 Å². The van der Waals surface area contributed by atoms with E-state index in [1.54, 1.807) is 11.8 Å². The first-order valence-electron chi connectivity index (χ1n) is 10.9. The molecule has 0 bridgehead atoms. The maximum atomic E-state index is 13.6.